The van der Waals surface area contributed by atoms with Crippen LogP contribution in [0.3, 0.4) is 0 Å². The fourth-order valence-corrected chi connectivity index (χ4v) is 4.45. The summed E-state index contributed by atoms with van der Waals surface area (Å²) in [7, 11) is 0. The highest BCUT2D eigenvalue weighted by molar-refractivity contribution is 5.01. The van der Waals surface area contributed by atoms with Gasteiger partial charge in [0.05, 0.1) is 6.61 Å². The summed E-state index contributed by atoms with van der Waals surface area (Å²) in [6.07, 6.45) is 4.98. The Morgan fingerprint density at radius 1 is 1.22 bits per heavy atom. The molecule has 0 amide bonds. The van der Waals surface area contributed by atoms with Gasteiger partial charge in [-0.1, -0.05) is 20.8 Å². The van der Waals surface area contributed by atoms with Gasteiger partial charge in [0.2, 0.25) is 0 Å². The minimum atomic E-state index is 0.217. The van der Waals surface area contributed by atoms with Crippen LogP contribution in [0.1, 0.15) is 46.5 Å². The molecule has 1 aliphatic heterocycles. The summed E-state index contributed by atoms with van der Waals surface area (Å²) in [4.78, 5) is 2.64. The van der Waals surface area contributed by atoms with Crippen molar-refractivity contribution in [3.05, 3.63) is 0 Å². The molecule has 2 rings (SSSR count). The second kappa shape index (κ2) is 5.48. The van der Waals surface area contributed by atoms with Crippen molar-refractivity contribution in [3.63, 3.8) is 0 Å². The normalized spacial score (nSPS) is 38.3. The molecule has 0 bridgehead atoms. The second-order valence-corrected chi connectivity index (χ2v) is 7.24. The first kappa shape index (κ1) is 14.3. The molecule has 1 saturated heterocycles. The molecule has 18 heavy (non-hydrogen) atoms. The van der Waals surface area contributed by atoms with Gasteiger partial charge in [0.15, 0.2) is 0 Å². The lowest BCUT2D eigenvalue weighted by Crippen LogP contribution is -2.59. The molecule has 0 aromatic rings. The van der Waals surface area contributed by atoms with E-state index in [2.05, 4.69) is 25.7 Å². The van der Waals surface area contributed by atoms with Gasteiger partial charge in [-0.15, -0.1) is 0 Å². The van der Waals surface area contributed by atoms with E-state index in [1.165, 1.54) is 19.3 Å². The molecular formula is C15H30N2O. The Kier molecular flexibility index (Phi) is 4.35. The van der Waals surface area contributed by atoms with E-state index in [9.17, 15) is 0 Å². The van der Waals surface area contributed by atoms with Gasteiger partial charge >= 0.3 is 0 Å². The lowest BCUT2D eigenvalue weighted by molar-refractivity contribution is -0.0125. The molecule has 2 fully saturated rings. The van der Waals surface area contributed by atoms with Crippen molar-refractivity contribution in [2.24, 2.45) is 17.1 Å². The fraction of sp³-hybridized carbons (Fsp3) is 1.00. The summed E-state index contributed by atoms with van der Waals surface area (Å²) in [5.41, 5.74) is 6.86. The van der Waals surface area contributed by atoms with Gasteiger partial charge in [-0.3, -0.25) is 4.90 Å². The second-order valence-electron chi connectivity index (χ2n) is 7.24. The van der Waals surface area contributed by atoms with E-state index >= 15 is 0 Å². The molecule has 0 aromatic carbocycles. The third-order valence-corrected chi connectivity index (χ3v) is 4.71. The first-order valence-corrected chi connectivity index (χ1v) is 7.50. The molecule has 0 spiro atoms. The first-order chi connectivity index (χ1) is 8.47. The smallest absolute Gasteiger partial charge is 0.0593 e. The van der Waals surface area contributed by atoms with Gasteiger partial charge in [-0.2, -0.15) is 0 Å². The predicted octanol–water partition coefficient (Wildman–Crippen LogP) is 2.25. The average Bonchev–Trinajstić information content (AvgIpc) is 2.54. The molecule has 1 saturated carbocycles. The zero-order valence-corrected chi connectivity index (χ0v) is 12.4. The van der Waals surface area contributed by atoms with E-state index < -0.39 is 0 Å². The van der Waals surface area contributed by atoms with E-state index in [0.717, 1.165) is 45.2 Å². The van der Waals surface area contributed by atoms with Crippen LogP contribution in [0.15, 0.2) is 0 Å². The molecule has 3 heteroatoms. The van der Waals surface area contributed by atoms with Gasteiger partial charge in [0.25, 0.3) is 0 Å². The summed E-state index contributed by atoms with van der Waals surface area (Å²) in [6.45, 7) is 12.0. The number of rotatable bonds is 2. The van der Waals surface area contributed by atoms with Gasteiger partial charge < -0.3 is 10.5 Å². The van der Waals surface area contributed by atoms with E-state index in [4.69, 9.17) is 10.5 Å². The van der Waals surface area contributed by atoms with Crippen molar-refractivity contribution in [2.75, 3.05) is 32.8 Å². The molecule has 1 heterocycles. The van der Waals surface area contributed by atoms with Crippen LogP contribution < -0.4 is 5.73 Å². The van der Waals surface area contributed by atoms with Crippen LogP contribution in [0, 0.1) is 11.3 Å². The maximum atomic E-state index is 6.22. The summed E-state index contributed by atoms with van der Waals surface area (Å²) in [5.74, 6) is 0.779. The van der Waals surface area contributed by atoms with Gasteiger partial charge in [0.1, 0.15) is 0 Å². The van der Waals surface area contributed by atoms with E-state index in [1.807, 2.05) is 0 Å². The van der Waals surface area contributed by atoms with Crippen molar-refractivity contribution < 1.29 is 4.74 Å². The topological polar surface area (TPSA) is 38.5 Å². The van der Waals surface area contributed by atoms with E-state index in [0.29, 0.717) is 5.41 Å². The maximum Gasteiger partial charge on any atom is 0.0593 e. The molecular weight excluding hydrogens is 224 g/mol. The summed E-state index contributed by atoms with van der Waals surface area (Å²) in [6, 6.07) is 0. The van der Waals surface area contributed by atoms with Crippen molar-refractivity contribution in [3.8, 4) is 0 Å². The molecule has 2 atom stereocenters. The number of hydrogen-bond acceptors (Lipinski definition) is 3. The highest BCUT2D eigenvalue weighted by atomic mass is 16.5. The van der Waals surface area contributed by atoms with Crippen LogP contribution in [0.4, 0.5) is 0 Å². The predicted molar refractivity (Wildman–Crippen MR) is 75.6 cm³/mol. The van der Waals surface area contributed by atoms with Gasteiger partial charge in [0, 0.05) is 31.8 Å². The molecule has 1 aliphatic carbocycles. The summed E-state index contributed by atoms with van der Waals surface area (Å²) >= 11 is 0. The third-order valence-electron chi connectivity index (χ3n) is 4.71. The summed E-state index contributed by atoms with van der Waals surface area (Å²) < 4.78 is 5.60. The van der Waals surface area contributed by atoms with E-state index in [1.54, 1.807) is 0 Å². The Bertz CT molecular complexity index is 272. The van der Waals surface area contributed by atoms with Gasteiger partial charge in [-0.25, -0.2) is 0 Å². The number of hydrogen-bond donors (Lipinski definition) is 1. The van der Waals surface area contributed by atoms with Crippen molar-refractivity contribution >= 4 is 0 Å². The van der Waals surface area contributed by atoms with Crippen LogP contribution in [-0.4, -0.2) is 43.3 Å². The highest BCUT2D eigenvalue weighted by Gasteiger charge is 2.45. The Morgan fingerprint density at radius 2 is 2.00 bits per heavy atom. The van der Waals surface area contributed by atoms with Gasteiger partial charge in [-0.05, 0) is 37.0 Å². The molecule has 2 aliphatic rings. The molecule has 106 valence electrons. The Hall–Kier alpha value is -0.120. The minimum absolute atomic E-state index is 0.217. The molecule has 0 radical (unpaired) electrons. The van der Waals surface area contributed by atoms with E-state index in [-0.39, 0.29) is 5.54 Å². The quantitative estimate of drug-likeness (QED) is 0.821. The number of nitrogens with zero attached hydrogens (tertiary/aromatic N) is 1. The monoisotopic (exact) mass is 254 g/mol. The lowest BCUT2D eigenvalue weighted by atomic mass is 9.63. The Morgan fingerprint density at radius 3 is 2.67 bits per heavy atom. The standard InChI is InChI=1S/C15H30N2O/c1-13-9-14(2,3)11-15(10-13,12-16)17-5-4-7-18-8-6-17/h13H,4-12,16H2,1-3H3. The number of nitrogens with two attached hydrogens (primary N) is 1. The van der Waals surface area contributed by atoms with Crippen LogP contribution in [-0.2, 0) is 4.74 Å². The third kappa shape index (κ3) is 3.06. The van der Waals surface area contributed by atoms with Crippen LogP contribution in [0.25, 0.3) is 0 Å². The fourth-order valence-electron chi connectivity index (χ4n) is 4.45. The molecule has 2 N–H and O–H groups in total. The van der Waals surface area contributed by atoms with Crippen LogP contribution in [0.2, 0.25) is 0 Å². The Balaban J connectivity index is 2.17. The SMILES string of the molecule is CC1CC(C)(C)CC(CN)(N2CCCOCC2)C1. The summed E-state index contributed by atoms with van der Waals surface area (Å²) in [5, 5.41) is 0. The first-order valence-electron chi connectivity index (χ1n) is 7.50. The van der Waals surface area contributed by atoms with Crippen LogP contribution in [0.5, 0.6) is 0 Å². The van der Waals surface area contributed by atoms with Crippen molar-refractivity contribution in [2.45, 2.75) is 52.0 Å². The molecule has 2 unspecified atom stereocenters. The average molecular weight is 254 g/mol. The lowest BCUT2D eigenvalue weighted by Gasteiger charge is -2.52. The number of ether oxygens (including phenoxy) is 1. The molecule has 0 aromatic heterocycles. The van der Waals surface area contributed by atoms with Crippen molar-refractivity contribution in [1.29, 1.82) is 0 Å². The highest BCUT2D eigenvalue weighted by Crippen LogP contribution is 2.46. The molecule has 3 nitrogen and oxygen atoms in total. The zero-order valence-electron chi connectivity index (χ0n) is 12.4. The van der Waals surface area contributed by atoms with Crippen LogP contribution >= 0.6 is 0 Å². The Labute approximate surface area is 112 Å². The van der Waals surface area contributed by atoms with Crippen molar-refractivity contribution in [1.82, 2.24) is 4.90 Å². The largest absolute Gasteiger partial charge is 0.380 e. The maximum absolute atomic E-state index is 6.22. The zero-order chi connectivity index (χ0) is 13.2. The minimum Gasteiger partial charge on any atom is -0.380 e.